The summed E-state index contributed by atoms with van der Waals surface area (Å²) in [6.45, 7) is 0.545. The van der Waals surface area contributed by atoms with Gasteiger partial charge in [0.1, 0.15) is 0 Å². The molecule has 0 saturated heterocycles. The van der Waals surface area contributed by atoms with E-state index in [2.05, 4.69) is 5.32 Å². The standard InChI is InChI=1S/C20H24N2O3/c23-18(22-25)6-5-13-1-3-14(4-2-13)12-21-19(24)20-10-15-7-16(11-20)9-17(20)8-15/h1-6,15-17,25H,7-12H2,(H,21,24)(H,22,23)/b6-5+. The Labute approximate surface area is 147 Å². The molecule has 1 aromatic rings. The maximum atomic E-state index is 12.9. The van der Waals surface area contributed by atoms with E-state index in [9.17, 15) is 9.59 Å². The van der Waals surface area contributed by atoms with Crippen LogP contribution in [0.15, 0.2) is 30.3 Å². The van der Waals surface area contributed by atoms with Crippen LogP contribution < -0.4 is 10.8 Å². The lowest BCUT2D eigenvalue weighted by molar-refractivity contribution is -0.133. The molecule has 0 aromatic heterocycles. The zero-order valence-corrected chi connectivity index (χ0v) is 14.2. The SMILES string of the molecule is O=C(/C=C/c1ccc(CNC(=O)C23CC4CC(CC2C4)C3)cc1)NO. The van der Waals surface area contributed by atoms with Gasteiger partial charge in [0.15, 0.2) is 0 Å². The van der Waals surface area contributed by atoms with Crippen molar-refractivity contribution < 1.29 is 14.8 Å². The van der Waals surface area contributed by atoms with E-state index in [0.29, 0.717) is 12.5 Å². The van der Waals surface area contributed by atoms with Gasteiger partial charge in [0.05, 0.1) is 5.41 Å². The molecule has 2 unspecified atom stereocenters. The highest BCUT2D eigenvalue weighted by Gasteiger charge is 2.61. The molecule has 5 nitrogen and oxygen atoms in total. The fourth-order valence-electron chi connectivity index (χ4n) is 5.48. The summed E-state index contributed by atoms with van der Waals surface area (Å²) >= 11 is 0. The highest BCUT2D eigenvalue weighted by Crippen LogP contribution is 2.65. The van der Waals surface area contributed by atoms with E-state index >= 15 is 0 Å². The fraction of sp³-hybridized carbons (Fsp3) is 0.500. The molecular formula is C20H24N2O3. The molecule has 2 atom stereocenters. The van der Waals surface area contributed by atoms with E-state index in [0.717, 1.165) is 35.8 Å². The number of hydroxylamine groups is 1. The molecular weight excluding hydrogens is 316 g/mol. The zero-order chi connectivity index (χ0) is 17.4. The van der Waals surface area contributed by atoms with Crippen LogP contribution in [0, 0.1) is 23.2 Å². The third-order valence-corrected chi connectivity index (χ3v) is 6.41. The highest BCUT2D eigenvalue weighted by molar-refractivity contribution is 5.90. The second-order valence-corrected chi connectivity index (χ2v) is 7.93. The van der Waals surface area contributed by atoms with Crippen LogP contribution in [0.25, 0.3) is 6.08 Å². The Balaban J connectivity index is 1.35. The summed E-state index contributed by atoms with van der Waals surface area (Å²) in [5.41, 5.74) is 3.39. The zero-order valence-electron chi connectivity index (χ0n) is 14.2. The van der Waals surface area contributed by atoms with Crippen molar-refractivity contribution in [2.45, 2.75) is 38.6 Å². The molecule has 5 rings (SSSR count). The van der Waals surface area contributed by atoms with E-state index < -0.39 is 5.91 Å². The third kappa shape index (κ3) is 2.97. The molecule has 4 aliphatic rings. The van der Waals surface area contributed by atoms with Gasteiger partial charge in [0, 0.05) is 12.6 Å². The second kappa shape index (κ2) is 6.30. The van der Waals surface area contributed by atoms with Crippen LogP contribution in [0.3, 0.4) is 0 Å². The van der Waals surface area contributed by atoms with Crippen molar-refractivity contribution >= 4 is 17.9 Å². The van der Waals surface area contributed by atoms with Crippen LogP contribution in [0.5, 0.6) is 0 Å². The number of amides is 2. The minimum absolute atomic E-state index is 0.0755. The first kappa shape index (κ1) is 16.3. The predicted octanol–water partition coefficient (Wildman–Crippen LogP) is 2.65. The van der Waals surface area contributed by atoms with Gasteiger partial charge in [-0.15, -0.1) is 0 Å². The summed E-state index contributed by atoms with van der Waals surface area (Å²) in [4.78, 5) is 23.9. The lowest BCUT2D eigenvalue weighted by Crippen LogP contribution is -2.41. The lowest BCUT2D eigenvalue weighted by atomic mass is 9.75. The maximum absolute atomic E-state index is 12.9. The minimum Gasteiger partial charge on any atom is -0.352 e. The molecule has 0 radical (unpaired) electrons. The Morgan fingerprint density at radius 3 is 2.44 bits per heavy atom. The number of benzene rings is 1. The first-order chi connectivity index (χ1) is 12.1. The van der Waals surface area contributed by atoms with Gasteiger partial charge in [-0.1, -0.05) is 24.3 Å². The van der Waals surface area contributed by atoms with Crippen molar-refractivity contribution in [2.24, 2.45) is 23.2 Å². The van der Waals surface area contributed by atoms with Gasteiger partial charge in [-0.2, -0.15) is 0 Å². The summed E-state index contributed by atoms with van der Waals surface area (Å²) in [6.07, 6.45) is 8.93. The lowest BCUT2D eigenvalue weighted by Gasteiger charge is -2.31. The van der Waals surface area contributed by atoms with Crippen molar-refractivity contribution in [3.05, 3.63) is 41.5 Å². The second-order valence-electron chi connectivity index (χ2n) is 7.93. The van der Waals surface area contributed by atoms with Crippen LogP contribution in [-0.4, -0.2) is 17.0 Å². The number of rotatable bonds is 5. The number of carbonyl (C=O) groups excluding carboxylic acids is 2. The maximum Gasteiger partial charge on any atom is 0.267 e. The summed E-state index contributed by atoms with van der Waals surface area (Å²) in [5, 5.41) is 11.6. The summed E-state index contributed by atoms with van der Waals surface area (Å²) in [7, 11) is 0. The third-order valence-electron chi connectivity index (χ3n) is 6.41. The Morgan fingerprint density at radius 1 is 1.12 bits per heavy atom. The smallest absolute Gasteiger partial charge is 0.267 e. The van der Waals surface area contributed by atoms with E-state index in [1.165, 1.54) is 25.3 Å². The molecule has 5 heteroatoms. The van der Waals surface area contributed by atoms with Gasteiger partial charge < -0.3 is 5.32 Å². The van der Waals surface area contributed by atoms with Crippen molar-refractivity contribution in [1.29, 1.82) is 0 Å². The minimum atomic E-state index is -0.559. The first-order valence-electron chi connectivity index (χ1n) is 9.08. The highest BCUT2D eigenvalue weighted by atomic mass is 16.5. The molecule has 1 aromatic carbocycles. The Kier molecular flexibility index (Phi) is 4.12. The van der Waals surface area contributed by atoms with Gasteiger partial charge in [-0.3, -0.25) is 14.8 Å². The Morgan fingerprint density at radius 2 is 1.80 bits per heavy atom. The van der Waals surface area contributed by atoms with Crippen molar-refractivity contribution in [1.82, 2.24) is 10.8 Å². The van der Waals surface area contributed by atoms with Crippen LogP contribution >= 0.6 is 0 Å². The van der Waals surface area contributed by atoms with Gasteiger partial charge in [-0.05, 0) is 67.1 Å². The van der Waals surface area contributed by atoms with Gasteiger partial charge >= 0.3 is 0 Å². The number of carbonyl (C=O) groups is 2. The number of hydrogen-bond donors (Lipinski definition) is 3. The molecule has 2 amide bonds. The molecule has 0 aliphatic heterocycles. The van der Waals surface area contributed by atoms with Gasteiger partial charge in [-0.25, -0.2) is 5.48 Å². The van der Waals surface area contributed by atoms with E-state index in [4.69, 9.17) is 5.21 Å². The molecule has 25 heavy (non-hydrogen) atoms. The predicted molar refractivity (Wildman–Crippen MR) is 93.2 cm³/mol. The molecule has 4 saturated carbocycles. The quantitative estimate of drug-likeness (QED) is 0.438. The monoisotopic (exact) mass is 340 g/mol. The summed E-state index contributed by atoms with van der Waals surface area (Å²) in [5.74, 6) is 1.87. The Hall–Kier alpha value is -2.14. The summed E-state index contributed by atoms with van der Waals surface area (Å²) in [6, 6.07) is 7.69. The molecule has 4 bridgehead atoms. The topological polar surface area (TPSA) is 78.4 Å². The normalized spacial score (nSPS) is 32.3. The van der Waals surface area contributed by atoms with Crippen LogP contribution in [0.1, 0.15) is 43.2 Å². The van der Waals surface area contributed by atoms with E-state index in [1.54, 1.807) is 11.6 Å². The van der Waals surface area contributed by atoms with Gasteiger partial charge in [0.25, 0.3) is 5.91 Å². The molecule has 4 aliphatic carbocycles. The van der Waals surface area contributed by atoms with Crippen molar-refractivity contribution in [3.63, 3.8) is 0 Å². The molecule has 0 spiro atoms. The molecule has 0 heterocycles. The molecule has 4 fully saturated rings. The van der Waals surface area contributed by atoms with Crippen LogP contribution in [0.2, 0.25) is 0 Å². The molecule has 132 valence electrons. The first-order valence-corrected chi connectivity index (χ1v) is 9.08. The number of hydrogen-bond acceptors (Lipinski definition) is 3. The Bertz CT molecular complexity index is 696. The van der Waals surface area contributed by atoms with E-state index in [1.807, 2.05) is 24.3 Å². The summed E-state index contributed by atoms with van der Waals surface area (Å²) < 4.78 is 0. The average molecular weight is 340 g/mol. The van der Waals surface area contributed by atoms with Crippen molar-refractivity contribution in [3.8, 4) is 0 Å². The fourth-order valence-corrected chi connectivity index (χ4v) is 5.48. The van der Waals surface area contributed by atoms with Crippen LogP contribution in [0.4, 0.5) is 0 Å². The van der Waals surface area contributed by atoms with E-state index in [-0.39, 0.29) is 11.3 Å². The molecule has 3 N–H and O–H groups in total. The van der Waals surface area contributed by atoms with Crippen molar-refractivity contribution in [2.75, 3.05) is 0 Å². The number of nitrogens with one attached hydrogen (secondary N) is 2. The van der Waals surface area contributed by atoms with Gasteiger partial charge in [0.2, 0.25) is 5.91 Å². The largest absolute Gasteiger partial charge is 0.352 e. The average Bonchev–Trinajstić information content (AvgIpc) is 3.03. The van der Waals surface area contributed by atoms with Crippen LogP contribution in [-0.2, 0) is 16.1 Å².